The van der Waals surface area contributed by atoms with E-state index in [0.29, 0.717) is 0 Å². The van der Waals surface area contributed by atoms with E-state index in [4.69, 9.17) is 14.6 Å². The molecule has 0 spiro atoms. The van der Waals surface area contributed by atoms with Crippen molar-refractivity contribution in [3.63, 3.8) is 0 Å². The Morgan fingerprint density at radius 2 is 0.455 bits per heavy atom. The van der Waals surface area contributed by atoms with Gasteiger partial charge in [0.05, 0.1) is 0 Å². The molecule has 0 aromatic rings. The molecule has 5 heteroatoms. The fourth-order valence-corrected chi connectivity index (χ4v) is 10.3. The van der Waals surface area contributed by atoms with Gasteiger partial charge in [0.15, 0.2) is 0 Å². The van der Waals surface area contributed by atoms with Crippen LogP contribution in [0.5, 0.6) is 0 Å². The summed E-state index contributed by atoms with van der Waals surface area (Å²) in [5, 5.41) is 0. The van der Waals surface area contributed by atoms with Crippen LogP contribution in [0.25, 0.3) is 0 Å². The Hall–Kier alpha value is 0.424. The third-order valence-electron chi connectivity index (χ3n) is 8.32. The molecule has 0 bridgehead atoms. The van der Waals surface area contributed by atoms with Crippen molar-refractivity contribution in [1.29, 1.82) is 0 Å². The topological polar surface area (TPSA) is 36.9 Å². The summed E-state index contributed by atoms with van der Waals surface area (Å²) in [6.45, 7) is 0. The van der Waals surface area contributed by atoms with Gasteiger partial charge in [0.1, 0.15) is 0 Å². The van der Waals surface area contributed by atoms with Gasteiger partial charge in [0, 0.05) is 0 Å². The van der Waals surface area contributed by atoms with Crippen molar-refractivity contribution < 1.29 is 30.1 Å². The van der Waals surface area contributed by atoms with Crippen LogP contribution < -0.4 is 0 Å². The summed E-state index contributed by atoms with van der Waals surface area (Å²) in [5.74, 6) is 0. The zero-order valence-corrected chi connectivity index (χ0v) is 22.8. The normalized spacial score (nSPS) is 26.9. The Morgan fingerprint density at radius 3 is 0.636 bits per heavy atom. The SMILES string of the molecule is C1CCCC([O][V]([O]C2CCCCCC2)([O]C2CCCCCC2)[O]C2CCCCCC2)CC1. The maximum atomic E-state index is 7.09. The number of rotatable bonds is 8. The van der Waals surface area contributed by atoms with E-state index in [1.54, 1.807) is 0 Å². The van der Waals surface area contributed by atoms with Crippen molar-refractivity contribution in [3.8, 4) is 0 Å². The molecule has 0 radical (unpaired) electrons. The molecule has 4 rings (SSSR count). The van der Waals surface area contributed by atoms with E-state index < -0.39 is 15.4 Å². The monoisotopic (exact) mass is 503 g/mol. The van der Waals surface area contributed by atoms with Crippen LogP contribution in [0.1, 0.15) is 154 Å². The fourth-order valence-electron chi connectivity index (χ4n) is 6.27. The van der Waals surface area contributed by atoms with Gasteiger partial charge >= 0.3 is 209 Å². The molecule has 0 heterocycles. The third kappa shape index (κ3) is 9.43. The van der Waals surface area contributed by atoms with Crippen LogP contribution in [0.2, 0.25) is 0 Å². The summed E-state index contributed by atoms with van der Waals surface area (Å²) in [7, 11) is 0. The van der Waals surface area contributed by atoms with Crippen LogP contribution >= 0.6 is 0 Å². The molecule has 0 atom stereocenters. The molecule has 0 saturated heterocycles. The maximum absolute atomic E-state index is 7.09. The molecule has 0 aromatic heterocycles. The van der Waals surface area contributed by atoms with E-state index in [2.05, 4.69) is 0 Å². The van der Waals surface area contributed by atoms with E-state index in [1.807, 2.05) is 0 Å². The first-order valence-electron chi connectivity index (χ1n) is 14.9. The Balaban J connectivity index is 1.55. The number of hydrogen-bond acceptors (Lipinski definition) is 4. The summed E-state index contributed by atoms with van der Waals surface area (Å²) in [4.78, 5) is 0. The van der Waals surface area contributed by atoms with Crippen molar-refractivity contribution in [2.75, 3.05) is 0 Å². The molecular formula is C28H52O4V. The molecular weight excluding hydrogens is 451 g/mol. The second-order valence-corrected chi connectivity index (χ2v) is 14.0. The van der Waals surface area contributed by atoms with Crippen LogP contribution in [0.3, 0.4) is 0 Å². The predicted molar refractivity (Wildman–Crippen MR) is 130 cm³/mol. The van der Waals surface area contributed by atoms with E-state index in [9.17, 15) is 0 Å². The molecule has 0 N–H and O–H groups in total. The zero-order chi connectivity index (χ0) is 22.6. The molecule has 0 amide bonds. The van der Waals surface area contributed by atoms with Gasteiger partial charge in [-0.15, -0.1) is 0 Å². The van der Waals surface area contributed by atoms with Crippen LogP contribution in [0, 0.1) is 0 Å². The quantitative estimate of drug-likeness (QED) is 0.310. The minimum absolute atomic E-state index is 0.266. The van der Waals surface area contributed by atoms with Crippen molar-refractivity contribution in [2.45, 2.75) is 179 Å². The van der Waals surface area contributed by atoms with Crippen molar-refractivity contribution in [3.05, 3.63) is 0 Å². The van der Waals surface area contributed by atoms with Crippen molar-refractivity contribution in [1.82, 2.24) is 0 Å². The fraction of sp³-hybridized carbons (Fsp3) is 1.00. The summed E-state index contributed by atoms with van der Waals surface area (Å²) in [5.41, 5.74) is 0. The Bertz CT molecular complexity index is 405. The summed E-state index contributed by atoms with van der Waals surface area (Å²) in [6, 6.07) is 0. The Morgan fingerprint density at radius 1 is 0.273 bits per heavy atom. The first kappa shape index (κ1) is 26.5. The van der Waals surface area contributed by atoms with Crippen molar-refractivity contribution in [2.24, 2.45) is 0 Å². The van der Waals surface area contributed by atoms with Gasteiger partial charge in [0.25, 0.3) is 0 Å². The Labute approximate surface area is 208 Å². The van der Waals surface area contributed by atoms with E-state index in [1.165, 1.54) is 103 Å². The Kier molecular flexibility index (Phi) is 11.9. The minimum atomic E-state index is -3.69. The molecule has 193 valence electrons. The second-order valence-electron chi connectivity index (χ2n) is 11.3. The van der Waals surface area contributed by atoms with Crippen LogP contribution in [0.15, 0.2) is 0 Å². The van der Waals surface area contributed by atoms with Gasteiger partial charge in [-0.25, -0.2) is 0 Å². The summed E-state index contributed by atoms with van der Waals surface area (Å²) in [6.07, 6.45) is 31.2. The average Bonchev–Trinajstić information content (AvgIpc) is 3.39. The number of hydrogen-bond donors (Lipinski definition) is 0. The van der Waals surface area contributed by atoms with Gasteiger partial charge in [-0.05, 0) is 0 Å². The molecule has 33 heavy (non-hydrogen) atoms. The van der Waals surface area contributed by atoms with E-state index in [-0.39, 0.29) is 24.4 Å². The van der Waals surface area contributed by atoms with Gasteiger partial charge < -0.3 is 0 Å². The molecule has 0 aliphatic heterocycles. The van der Waals surface area contributed by atoms with Crippen LogP contribution in [-0.2, 0) is 30.1 Å². The van der Waals surface area contributed by atoms with Crippen molar-refractivity contribution >= 4 is 0 Å². The van der Waals surface area contributed by atoms with Gasteiger partial charge in [-0.2, -0.15) is 0 Å². The van der Waals surface area contributed by atoms with E-state index in [0.717, 1.165) is 51.4 Å². The zero-order valence-electron chi connectivity index (χ0n) is 21.4. The second kappa shape index (κ2) is 14.9. The molecule has 0 unspecified atom stereocenters. The molecule has 4 aliphatic rings. The van der Waals surface area contributed by atoms with Crippen LogP contribution in [-0.4, -0.2) is 24.4 Å². The molecule has 4 aliphatic carbocycles. The van der Waals surface area contributed by atoms with Crippen LogP contribution in [0.4, 0.5) is 0 Å². The summed E-state index contributed by atoms with van der Waals surface area (Å²) < 4.78 is 28.4. The van der Waals surface area contributed by atoms with Gasteiger partial charge in [-0.3, -0.25) is 0 Å². The van der Waals surface area contributed by atoms with E-state index >= 15 is 0 Å². The third-order valence-corrected chi connectivity index (χ3v) is 11.8. The van der Waals surface area contributed by atoms with Gasteiger partial charge in [0.2, 0.25) is 0 Å². The van der Waals surface area contributed by atoms with Gasteiger partial charge in [-0.1, -0.05) is 0 Å². The standard InChI is InChI=1S/4C7H13O.V/c4*8-7-5-3-1-2-4-6-7;/h4*7H,1-6H2;/q4*-1;+4. The molecule has 0 aromatic carbocycles. The first-order chi connectivity index (χ1) is 16.3. The predicted octanol–water partition coefficient (Wildman–Crippen LogP) is 8.76. The summed E-state index contributed by atoms with van der Waals surface area (Å²) >= 11 is -3.69. The first-order valence-corrected chi connectivity index (χ1v) is 17.2. The molecule has 4 saturated carbocycles. The molecule has 4 fully saturated rings. The molecule has 4 nitrogen and oxygen atoms in total. The average molecular weight is 504 g/mol.